The molecule has 55 heavy (non-hydrogen) atoms. The minimum absolute atomic E-state index is 0.184. The van der Waals surface area contributed by atoms with Crippen LogP contribution in [0.4, 0.5) is 11.4 Å². The second-order valence-electron chi connectivity index (χ2n) is 14.3. The van der Waals surface area contributed by atoms with Crippen LogP contribution in [-0.2, 0) is 6.42 Å². The fourth-order valence-corrected chi connectivity index (χ4v) is 7.25. The van der Waals surface area contributed by atoms with Gasteiger partial charge in [0.15, 0.2) is 0 Å². The predicted octanol–water partition coefficient (Wildman–Crippen LogP) is 11.4. The summed E-state index contributed by atoms with van der Waals surface area (Å²) in [5.41, 5.74) is 14.5. The summed E-state index contributed by atoms with van der Waals surface area (Å²) >= 11 is 0. The molecular formula is C49H40N4O2. The van der Waals surface area contributed by atoms with Gasteiger partial charge in [0.1, 0.15) is 0 Å². The van der Waals surface area contributed by atoms with Crippen molar-refractivity contribution in [1.29, 1.82) is 0 Å². The van der Waals surface area contributed by atoms with Gasteiger partial charge in [0.2, 0.25) is 0 Å². The lowest BCUT2D eigenvalue weighted by Gasteiger charge is -2.13. The van der Waals surface area contributed by atoms with E-state index in [1.807, 2.05) is 109 Å². The van der Waals surface area contributed by atoms with Gasteiger partial charge in [0, 0.05) is 33.3 Å². The molecule has 2 heterocycles. The molecule has 0 aliphatic heterocycles. The molecule has 0 aliphatic rings. The number of fused-ring (bicyclic) bond motifs is 2. The minimum Gasteiger partial charge on any atom is -0.322 e. The third kappa shape index (κ3) is 7.48. The first-order valence-corrected chi connectivity index (χ1v) is 18.4. The highest BCUT2D eigenvalue weighted by molar-refractivity contribution is 6.14. The van der Waals surface area contributed by atoms with E-state index in [-0.39, 0.29) is 11.8 Å². The van der Waals surface area contributed by atoms with E-state index in [0.29, 0.717) is 28.9 Å². The highest BCUT2D eigenvalue weighted by atomic mass is 16.2. The Balaban J connectivity index is 0.956. The van der Waals surface area contributed by atoms with Gasteiger partial charge in [-0.3, -0.25) is 9.59 Å². The molecule has 0 atom stereocenters. The van der Waals surface area contributed by atoms with Gasteiger partial charge >= 0.3 is 0 Å². The van der Waals surface area contributed by atoms with Crippen molar-refractivity contribution in [2.45, 2.75) is 34.1 Å². The third-order valence-electron chi connectivity index (χ3n) is 10.1. The highest BCUT2D eigenvalue weighted by Gasteiger charge is 2.17. The minimum atomic E-state index is -0.184. The molecule has 8 aromatic rings. The fraction of sp³-hybridized carbons (Fsp3) is 0.102. The summed E-state index contributed by atoms with van der Waals surface area (Å²) in [5, 5.41) is 7.81. The van der Waals surface area contributed by atoms with Crippen molar-refractivity contribution in [3.63, 3.8) is 0 Å². The van der Waals surface area contributed by atoms with E-state index in [0.717, 1.165) is 66.6 Å². The summed E-state index contributed by atoms with van der Waals surface area (Å²) < 4.78 is 0. The van der Waals surface area contributed by atoms with Crippen LogP contribution in [0.5, 0.6) is 0 Å². The number of amides is 2. The number of nitrogens with zero attached hydrogens (tertiary/aromatic N) is 2. The molecule has 0 fully saturated rings. The van der Waals surface area contributed by atoms with Gasteiger partial charge in [0.25, 0.3) is 11.8 Å². The zero-order chi connectivity index (χ0) is 38.1. The molecule has 268 valence electrons. The van der Waals surface area contributed by atoms with Crippen LogP contribution in [0.2, 0.25) is 0 Å². The zero-order valence-corrected chi connectivity index (χ0v) is 31.3. The molecule has 2 amide bonds. The van der Waals surface area contributed by atoms with E-state index < -0.39 is 0 Å². The number of carbonyl (C=O) groups excluding carboxylic acids is 2. The lowest BCUT2D eigenvalue weighted by Crippen LogP contribution is -2.13. The Hall–Kier alpha value is -6.92. The van der Waals surface area contributed by atoms with Crippen molar-refractivity contribution in [2.75, 3.05) is 10.6 Å². The van der Waals surface area contributed by atoms with Crippen LogP contribution in [0.3, 0.4) is 0 Å². The van der Waals surface area contributed by atoms with E-state index in [1.54, 1.807) is 0 Å². The number of pyridine rings is 2. The van der Waals surface area contributed by atoms with E-state index >= 15 is 0 Å². The first-order chi connectivity index (χ1) is 26.7. The highest BCUT2D eigenvalue weighted by Crippen LogP contribution is 2.30. The third-order valence-corrected chi connectivity index (χ3v) is 10.1. The van der Waals surface area contributed by atoms with Gasteiger partial charge in [-0.15, -0.1) is 0 Å². The van der Waals surface area contributed by atoms with Crippen molar-refractivity contribution < 1.29 is 9.59 Å². The topological polar surface area (TPSA) is 84.0 Å². The Labute approximate surface area is 320 Å². The van der Waals surface area contributed by atoms with Crippen molar-refractivity contribution >= 4 is 45.0 Å². The molecule has 6 heteroatoms. The zero-order valence-electron chi connectivity index (χ0n) is 31.3. The number of para-hydroxylation sites is 2. The maximum absolute atomic E-state index is 13.7. The monoisotopic (exact) mass is 716 g/mol. The number of benzene rings is 6. The Morgan fingerprint density at radius 2 is 0.873 bits per heavy atom. The predicted molar refractivity (Wildman–Crippen MR) is 225 cm³/mol. The molecule has 0 bridgehead atoms. The molecule has 0 aliphatic carbocycles. The van der Waals surface area contributed by atoms with Crippen LogP contribution in [0.1, 0.15) is 54.1 Å². The van der Waals surface area contributed by atoms with Crippen molar-refractivity contribution in [2.24, 2.45) is 0 Å². The summed E-state index contributed by atoms with van der Waals surface area (Å²) in [6.45, 7) is 8.28. The number of rotatable bonds is 8. The summed E-state index contributed by atoms with van der Waals surface area (Å²) in [6, 6.07) is 47.7. The quantitative estimate of drug-likeness (QED) is 0.164. The maximum atomic E-state index is 13.7. The molecule has 2 N–H and O–H groups in total. The molecule has 0 radical (unpaired) electrons. The van der Waals surface area contributed by atoms with Crippen molar-refractivity contribution in [3.8, 4) is 22.5 Å². The molecule has 2 aromatic heterocycles. The number of aromatic nitrogens is 2. The number of nitrogens with one attached hydrogen (secondary N) is 2. The maximum Gasteiger partial charge on any atom is 0.256 e. The Morgan fingerprint density at radius 1 is 0.473 bits per heavy atom. The van der Waals surface area contributed by atoms with E-state index in [1.165, 1.54) is 11.1 Å². The first kappa shape index (κ1) is 35.1. The average Bonchev–Trinajstić information content (AvgIpc) is 3.18. The summed E-state index contributed by atoms with van der Waals surface area (Å²) in [7, 11) is 0. The second kappa shape index (κ2) is 14.8. The van der Waals surface area contributed by atoms with Gasteiger partial charge in [0.05, 0.1) is 33.5 Å². The van der Waals surface area contributed by atoms with Gasteiger partial charge in [-0.1, -0.05) is 108 Å². The molecule has 8 rings (SSSR count). The van der Waals surface area contributed by atoms with E-state index in [4.69, 9.17) is 9.97 Å². The number of hydrogen-bond donors (Lipinski definition) is 2. The molecule has 6 aromatic carbocycles. The number of hydrogen-bond acceptors (Lipinski definition) is 4. The van der Waals surface area contributed by atoms with Crippen LogP contribution in [0, 0.1) is 27.7 Å². The number of aryl methyl sites for hydroxylation is 4. The smallest absolute Gasteiger partial charge is 0.256 e. The molecular weight excluding hydrogens is 677 g/mol. The lowest BCUT2D eigenvalue weighted by atomic mass is 9.99. The van der Waals surface area contributed by atoms with Crippen molar-refractivity contribution in [3.05, 3.63) is 190 Å². The largest absolute Gasteiger partial charge is 0.322 e. The van der Waals surface area contributed by atoms with Crippen LogP contribution < -0.4 is 10.6 Å². The van der Waals surface area contributed by atoms with Gasteiger partial charge < -0.3 is 10.6 Å². The van der Waals surface area contributed by atoms with Crippen LogP contribution in [0.25, 0.3) is 44.3 Å². The molecule has 0 saturated heterocycles. The Kier molecular flexibility index (Phi) is 9.48. The fourth-order valence-electron chi connectivity index (χ4n) is 7.25. The van der Waals surface area contributed by atoms with E-state index in [9.17, 15) is 9.59 Å². The number of anilines is 2. The standard InChI is InChI=1S/C49H40N4O2/c1-30-13-23-38(32(3)25-30)46-28-42(40-9-5-7-11-44(40)52-46)48(54)50-36-19-15-34(16-20-36)27-35-17-21-37(22-18-35)51-49(55)43-29-47(39-24-14-31(2)26-33(39)4)53-45-12-8-6-10-41(43)45/h5-26,28-29H,27H2,1-4H3,(H,50,54)(H,51,55). The van der Waals surface area contributed by atoms with Crippen LogP contribution in [-0.4, -0.2) is 21.8 Å². The molecule has 6 nitrogen and oxygen atoms in total. The SMILES string of the molecule is Cc1ccc(-c2cc(C(=O)Nc3ccc(Cc4ccc(NC(=O)c5cc(-c6ccc(C)cc6C)nc6ccccc56)cc4)cc3)c3ccccc3n2)c(C)c1. The summed E-state index contributed by atoms with van der Waals surface area (Å²) in [4.78, 5) is 37.2. The lowest BCUT2D eigenvalue weighted by molar-refractivity contribution is 0.102. The summed E-state index contributed by atoms with van der Waals surface area (Å²) in [5.74, 6) is -0.368. The Morgan fingerprint density at radius 3 is 1.27 bits per heavy atom. The first-order valence-electron chi connectivity index (χ1n) is 18.4. The normalized spacial score (nSPS) is 11.1. The van der Waals surface area contributed by atoms with Crippen molar-refractivity contribution in [1.82, 2.24) is 9.97 Å². The molecule has 0 saturated carbocycles. The Bertz CT molecular complexity index is 2560. The van der Waals surface area contributed by atoms with Crippen LogP contribution >= 0.6 is 0 Å². The summed E-state index contributed by atoms with van der Waals surface area (Å²) in [6.07, 6.45) is 0.699. The molecule has 0 spiro atoms. The number of carbonyl (C=O) groups is 2. The van der Waals surface area contributed by atoms with E-state index in [2.05, 4.69) is 74.7 Å². The molecule has 0 unspecified atom stereocenters. The van der Waals surface area contributed by atoms with Gasteiger partial charge in [-0.05, 0) is 105 Å². The van der Waals surface area contributed by atoms with Gasteiger partial charge in [-0.25, -0.2) is 9.97 Å². The van der Waals surface area contributed by atoms with Gasteiger partial charge in [-0.2, -0.15) is 0 Å². The van der Waals surface area contributed by atoms with Crippen LogP contribution in [0.15, 0.2) is 146 Å². The second-order valence-corrected chi connectivity index (χ2v) is 14.3. The average molecular weight is 717 g/mol.